The van der Waals surface area contributed by atoms with E-state index >= 15 is 0 Å². The Labute approximate surface area is 60.9 Å². The lowest BCUT2D eigenvalue weighted by Crippen LogP contribution is -2.08. The lowest BCUT2D eigenvalue weighted by molar-refractivity contribution is -0.141. The van der Waals surface area contributed by atoms with Crippen LogP contribution in [0.15, 0.2) is 12.2 Å². The number of hydrogen-bond donors (Lipinski definition) is 1. The van der Waals surface area contributed by atoms with Crippen LogP contribution >= 0.6 is 0 Å². The standard InChI is InChI=1S/C7H13NO2/c1-6(2)10-7(9)4-3-5-8/h3-4,6H,5,8H2,1-2H3/b4-3+. The van der Waals surface area contributed by atoms with Crippen molar-refractivity contribution in [1.29, 1.82) is 0 Å². The van der Waals surface area contributed by atoms with Gasteiger partial charge in [-0.2, -0.15) is 0 Å². The zero-order valence-electron chi connectivity index (χ0n) is 6.33. The molecule has 0 aromatic heterocycles. The molecule has 0 saturated heterocycles. The highest BCUT2D eigenvalue weighted by atomic mass is 16.5. The van der Waals surface area contributed by atoms with Crippen molar-refractivity contribution < 1.29 is 9.53 Å². The van der Waals surface area contributed by atoms with Gasteiger partial charge in [-0.25, -0.2) is 4.79 Å². The SMILES string of the molecule is CC(C)OC(=O)/C=C/CN. The van der Waals surface area contributed by atoms with Gasteiger partial charge >= 0.3 is 5.97 Å². The zero-order valence-corrected chi connectivity index (χ0v) is 6.33. The van der Waals surface area contributed by atoms with Gasteiger partial charge in [-0.3, -0.25) is 0 Å². The first-order valence-electron chi connectivity index (χ1n) is 3.24. The first-order chi connectivity index (χ1) is 4.66. The smallest absolute Gasteiger partial charge is 0.330 e. The number of nitrogens with two attached hydrogens (primary N) is 1. The summed E-state index contributed by atoms with van der Waals surface area (Å²) in [5.41, 5.74) is 5.11. The highest BCUT2D eigenvalue weighted by Crippen LogP contribution is 1.89. The molecule has 0 aromatic rings. The molecule has 0 radical (unpaired) electrons. The van der Waals surface area contributed by atoms with Crippen LogP contribution in [0.1, 0.15) is 13.8 Å². The maximum Gasteiger partial charge on any atom is 0.330 e. The van der Waals surface area contributed by atoms with Gasteiger partial charge in [0.1, 0.15) is 0 Å². The predicted octanol–water partition coefficient (Wildman–Crippen LogP) is 0.453. The summed E-state index contributed by atoms with van der Waals surface area (Å²) in [6.45, 7) is 3.97. The normalized spacial score (nSPS) is 10.8. The molecule has 0 fully saturated rings. The van der Waals surface area contributed by atoms with Gasteiger partial charge in [-0.05, 0) is 13.8 Å². The zero-order chi connectivity index (χ0) is 7.98. The Balaban J connectivity index is 3.54. The fraction of sp³-hybridized carbons (Fsp3) is 0.571. The molecule has 0 saturated carbocycles. The molecule has 0 aliphatic rings. The minimum Gasteiger partial charge on any atom is -0.460 e. The van der Waals surface area contributed by atoms with Gasteiger partial charge in [0.2, 0.25) is 0 Å². The molecule has 0 aliphatic carbocycles. The number of carbonyl (C=O) groups excluding carboxylic acids is 1. The van der Waals surface area contributed by atoms with E-state index in [1.165, 1.54) is 6.08 Å². The Morgan fingerprint density at radius 2 is 2.30 bits per heavy atom. The van der Waals surface area contributed by atoms with Crippen LogP contribution in [0, 0.1) is 0 Å². The molecule has 3 nitrogen and oxygen atoms in total. The van der Waals surface area contributed by atoms with Crippen LogP contribution in [-0.4, -0.2) is 18.6 Å². The maximum absolute atomic E-state index is 10.6. The topological polar surface area (TPSA) is 52.3 Å². The largest absolute Gasteiger partial charge is 0.460 e. The second-order valence-corrected chi connectivity index (χ2v) is 2.12. The molecule has 0 unspecified atom stereocenters. The summed E-state index contributed by atoms with van der Waals surface area (Å²) >= 11 is 0. The molecule has 2 N–H and O–H groups in total. The van der Waals surface area contributed by atoms with E-state index in [4.69, 9.17) is 10.5 Å². The van der Waals surface area contributed by atoms with Crippen molar-refractivity contribution in [2.45, 2.75) is 20.0 Å². The first kappa shape index (κ1) is 9.17. The molecular weight excluding hydrogens is 130 g/mol. The summed E-state index contributed by atoms with van der Waals surface area (Å²) in [5, 5.41) is 0. The monoisotopic (exact) mass is 143 g/mol. The average molecular weight is 143 g/mol. The Morgan fingerprint density at radius 3 is 2.70 bits per heavy atom. The van der Waals surface area contributed by atoms with Crippen LogP contribution in [0.4, 0.5) is 0 Å². The number of hydrogen-bond acceptors (Lipinski definition) is 3. The predicted molar refractivity (Wildman–Crippen MR) is 39.4 cm³/mol. The summed E-state index contributed by atoms with van der Waals surface area (Å²) in [5.74, 6) is -0.333. The summed E-state index contributed by atoms with van der Waals surface area (Å²) < 4.78 is 4.77. The molecule has 0 spiro atoms. The van der Waals surface area contributed by atoms with E-state index < -0.39 is 0 Å². The Kier molecular flexibility index (Phi) is 4.58. The molecule has 0 bridgehead atoms. The van der Waals surface area contributed by atoms with E-state index in [1.54, 1.807) is 19.9 Å². The fourth-order valence-corrected chi connectivity index (χ4v) is 0.436. The molecule has 0 aliphatic heterocycles. The molecular formula is C7H13NO2. The molecule has 0 heterocycles. The van der Waals surface area contributed by atoms with Crippen molar-refractivity contribution in [3.63, 3.8) is 0 Å². The lowest BCUT2D eigenvalue weighted by atomic mass is 10.4. The van der Waals surface area contributed by atoms with Crippen LogP contribution in [0.2, 0.25) is 0 Å². The average Bonchev–Trinajstić information content (AvgIpc) is 1.82. The third-order valence-electron chi connectivity index (χ3n) is 0.742. The second kappa shape index (κ2) is 4.99. The van der Waals surface area contributed by atoms with Crippen molar-refractivity contribution >= 4 is 5.97 Å². The van der Waals surface area contributed by atoms with Crippen molar-refractivity contribution in [1.82, 2.24) is 0 Å². The molecule has 0 rings (SSSR count). The summed E-state index contributed by atoms with van der Waals surface area (Å²) in [6, 6.07) is 0. The first-order valence-corrected chi connectivity index (χ1v) is 3.24. The molecule has 0 atom stereocenters. The van der Waals surface area contributed by atoms with E-state index in [-0.39, 0.29) is 12.1 Å². The van der Waals surface area contributed by atoms with Crippen LogP contribution in [-0.2, 0) is 9.53 Å². The summed E-state index contributed by atoms with van der Waals surface area (Å²) in [4.78, 5) is 10.6. The van der Waals surface area contributed by atoms with E-state index in [1.807, 2.05) is 0 Å². The molecule has 0 amide bonds. The Morgan fingerprint density at radius 1 is 1.70 bits per heavy atom. The Hall–Kier alpha value is -0.830. The van der Waals surface area contributed by atoms with Crippen molar-refractivity contribution in [2.75, 3.05) is 6.54 Å². The van der Waals surface area contributed by atoms with Gasteiger partial charge in [0.05, 0.1) is 6.10 Å². The van der Waals surface area contributed by atoms with Gasteiger partial charge in [-0.15, -0.1) is 0 Å². The van der Waals surface area contributed by atoms with Crippen LogP contribution < -0.4 is 5.73 Å². The number of carbonyl (C=O) groups is 1. The Bertz CT molecular complexity index is 130. The van der Waals surface area contributed by atoms with Crippen LogP contribution in [0.5, 0.6) is 0 Å². The highest BCUT2D eigenvalue weighted by molar-refractivity contribution is 5.81. The molecule has 10 heavy (non-hydrogen) atoms. The van der Waals surface area contributed by atoms with Gasteiger partial charge in [-0.1, -0.05) is 6.08 Å². The summed E-state index contributed by atoms with van der Waals surface area (Å²) in [6.07, 6.45) is 2.83. The van der Waals surface area contributed by atoms with Gasteiger partial charge < -0.3 is 10.5 Å². The minimum atomic E-state index is -0.333. The third kappa shape index (κ3) is 5.31. The van der Waals surface area contributed by atoms with E-state index in [2.05, 4.69) is 0 Å². The third-order valence-corrected chi connectivity index (χ3v) is 0.742. The number of rotatable bonds is 3. The quantitative estimate of drug-likeness (QED) is 0.461. The van der Waals surface area contributed by atoms with Gasteiger partial charge in [0, 0.05) is 12.6 Å². The highest BCUT2D eigenvalue weighted by Gasteiger charge is 1.97. The van der Waals surface area contributed by atoms with Crippen LogP contribution in [0.3, 0.4) is 0 Å². The fourth-order valence-electron chi connectivity index (χ4n) is 0.436. The molecule has 3 heteroatoms. The van der Waals surface area contributed by atoms with E-state index in [0.29, 0.717) is 6.54 Å². The summed E-state index contributed by atoms with van der Waals surface area (Å²) in [7, 11) is 0. The lowest BCUT2D eigenvalue weighted by Gasteiger charge is -2.03. The van der Waals surface area contributed by atoms with Crippen molar-refractivity contribution in [2.24, 2.45) is 5.73 Å². The van der Waals surface area contributed by atoms with Crippen molar-refractivity contribution in [3.05, 3.63) is 12.2 Å². The molecule has 0 aromatic carbocycles. The molecule has 58 valence electrons. The van der Waals surface area contributed by atoms with E-state index in [9.17, 15) is 4.79 Å². The number of ether oxygens (including phenoxy) is 1. The van der Waals surface area contributed by atoms with E-state index in [0.717, 1.165) is 0 Å². The van der Waals surface area contributed by atoms with Crippen LogP contribution in [0.25, 0.3) is 0 Å². The number of esters is 1. The maximum atomic E-state index is 10.6. The van der Waals surface area contributed by atoms with Crippen molar-refractivity contribution in [3.8, 4) is 0 Å². The van der Waals surface area contributed by atoms with Gasteiger partial charge in [0.15, 0.2) is 0 Å². The van der Waals surface area contributed by atoms with Gasteiger partial charge in [0.25, 0.3) is 0 Å². The second-order valence-electron chi connectivity index (χ2n) is 2.12. The minimum absolute atomic E-state index is 0.0603.